The van der Waals surface area contributed by atoms with Gasteiger partial charge in [-0.1, -0.05) is 91.1 Å². The highest BCUT2D eigenvalue weighted by molar-refractivity contribution is 6.91. The van der Waals surface area contributed by atoms with Crippen LogP contribution in [0.25, 0.3) is 0 Å². The van der Waals surface area contributed by atoms with Gasteiger partial charge in [-0.15, -0.1) is 0 Å². The second-order valence-electron chi connectivity index (χ2n) is 5.78. The Morgan fingerprint density at radius 2 is 1.37 bits per heavy atom. The maximum Gasteiger partial charge on any atom is 0.0922 e. The predicted octanol–water partition coefficient (Wildman–Crippen LogP) is 4.50. The second-order valence-corrected chi connectivity index (χ2v) is 10.4. The van der Waals surface area contributed by atoms with E-state index in [-0.39, 0.29) is 0 Å². The fraction of sp³-hybridized carbons (Fsp3) is 0.222. The van der Waals surface area contributed by atoms with Gasteiger partial charge in [-0.3, -0.25) is 0 Å². The molecular formula is C18H22Si. The monoisotopic (exact) mass is 266 g/mol. The minimum atomic E-state index is -1.61. The van der Waals surface area contributed by atoms with E-state index >= 15 is 0 Å². The summed E-state index contributed by atoms with van der Waals surface area (Å²) in [6.45, 7) is 11.3. The predicted molar refractivity (Wildman–Crippen MR) is 87.6 cm³/mol. The van der Waals surface area contributed by atoms with Crippen LogP contribution < -0.4 is 5.19 Å². The quantitative estimate of drug-likeness (QED) is 0.564. The highest BCUT2D eigenvalue weighted by Gasteiger charge is 2.34. The molecule has 0 nitrogen and oxygen atoms in total. The van der Waals surface area contributed by atoms with Gasteiger partial charge < -0.3 is 0 Å². The Kier molecular flexibility index (Phi) is 4.06. The lowest BCUT2D eigenvalue weighted by Crippen LogP contribution is -2.48. The Labute approximate surface area is 117 Å². The van der Waals surface area contributed by atoms with Crippen molar-refractivity contribution in [1.29, 1.82) is 0 Å². The molecule has 0 aliphatic carbocycles. The number of hydrogen-bond donors (Lipinski definition) is 0. The summed E-state index contributed by atoms with van der Waals surface area (Å²) < 4.78 is 0. The third kappa shape index (κ3) is 2.87. The highest BCUT2D eigenvalue weighted by atomic mass is 28.3. The van der Waals surface area contributed by atoms with Gasteiger partial charge in [0.15, 0.2) is 0 Å². The van der Waals surface area contributed by atoms with E-state index in [1.54, 1.807) is 0 Å². The fourth-order valence-corrected chi connectivity index (χ4v) is 6.64. The molecule has 0 spiro atoms. The number of hydrogen-bond acceptors (Lipinski definition) is 0. The first-order chi connectivity index (χ1) is 9.03. The minimum Gasteiger partial charge on any atom is -0.0998 e. The van der Waals surface area contributed by atoms with E-state index in [2.05, 4.69) is 87.3 Å². The molecule has 2 aromatic carbocycles. The molecule has 0 N–H and O–H groups in total. The van der Waals surface area contributed by atoms with E-state index in [0.717, 1.165) is 0 Å². The van der Waals surface area contributed by atoms with Crippen LogP contribution in [0.5, 0.6) is 0 Å². The van der Waals surface area contributed by atoms with E-state index in [0.29, 0.717) is 5.54 Å². The molecule has 1 heteroatoms. The Hall–Kier alpha value is -1.60. The summed E-state index contributed by atoms with van der Waals surface area (Å²) in [4.78, 5) is 0. The zero-order chi connectivity index (χ0) is 13.9. The summed E-state index contributed by atoms with van der Waals surface area (Å²) in [5.41, 5.74) is 3.14. The SMILES string of the molecule is C=C(C)C(c1ccccc1)[Si](C)(C)c1ccccc1. The van der Waals surface area contributed by atoms with Crippen molar-refractivity contribution in [3.63, 3.8) is 0 Å². The molecule has 0 fully saturated rings. The zero-order valence-electron chi connectivity index (χ0n) is 12.1. The van der Waals surface area contributed by atoms with Crippen molar-refractivity contribution in [2.45, 2.75) is 25.6 Å². The van der Waals surface area contributed by atoms with E-state index < -0.39 is 8.07 Å². The maximum absolute atomic E-state index is 4.26. The van der Waals surface area contributed by atoms with Gasteiger partial charge in [0.2, 0.25) is 0 Å². The molecule has 2 rings (SSSR count). The third-order valence-corrected chi connectivity index (χ3v) is 7.96. The fourth-order valence-electron chi connectivity index (χ4n) is 3.00. The average molecular weight is 266 g/mol. The van der Waals surface area contributed by atoms with Crippen LogP contribution in [0, 0.1) is 0 Å². The smallest absolute Gasteiger partial charge is 0.0922 e. The zero-order valence-corrected chi connectivity index (χ0v) is 13.1. The average Bonchev–Trinajstić information content (AvgIpc) is 2.40. The molecule has 0 aliphatic heterocycles. The van der Waals surface area contributed by atoms with Gasteiger partial charge in [0.05, 0.1) is 8.07 Å². The topological polar surface area (TPSA) is 0 Å². The second kappa shape index (κ2) is 5.58. The molecule has 0 saturated carbocycles. The summed E-state index contributed by atoms with van der Waals surface area (Å²) in [7, 11) is -1.61. The molecule has 0 aliphatic rings. The largest absolute Gasteiger partial charge is 0.0998 e. The van der Waals surface area contributed by atoms with Gasteiger partial charge in [-0.2, -0.15) is 0 Å². The van der Waals surface area contributed by atoms with E-state index in [9.17, 15) is 0 Å². The van der Waals surface area contributed by atoms with Gasteiger partial charge in [0.1, 0.15) is 0 Å². The number of allylic oxidation sites excluding steroid dienone is 1. The molecule has 0 saturated heterocycles. The first kappa shape index (κ1) is 13.8. The van der Waals surface area contributed by atoms with Gasteiger partial charge in [-0.25, -0.2) is 0 Å². The standard InChI is InChI=1S/C18H22Si/c1-15(2)18(16-11-7-5-8-12-16)19(3,4)17-13-9-6-10-14-17/h5-14,18H,1H2,2-4H3. The molecule has 1 unspecified atom stereocenters. The van der Waals surface area contributed by atoms with Crippen LogP contribution in [0.2, 0.25) is 13.1 Å². The van der Waals surface area contributed by atoms with Crippen molar-refractivity contribution in [3.8, 4) is 0 Å². The molecule has 0 radical (unpaired) electrons. The van der Waals surface area contributed by atoms with Crippen molar-refractivity contribution in [2.75, 3.05) is 0 Å². The molecule has 19 heavy (non-hydrogen) atoms. The summed E-state index contributed by atoms with van der Waals surface area (Å²) in [5.74, 6) is 0. The Morgan fingerprint density at radius 1 is 0.895 bits per heavy atom. The van der Waals surface area contributed by atoms with Crippen molar-refractivity contribution in [3.05, 3.63) is 78.4 Å². The molecule has 2 aromatic rings. The van der Waals surface area contributed by atoms with Crippen LogP contribution >= 0.6 is 0 Å². The van der Waals surface area contributed by atoms with Gasteiger partial charge in [0.25, 0.3) is 0 Å². The van der Waals surface area contributed by atoms with Gasteiger partial charge in [0, 0.05) is 5.54 Å². The first-order valence-electron chi connectivity index (χ1n) is 6.79. The van der Waals surface area contributed by atoms with Gasteiger partial charge in [-0.05, 0) is 12.5 Å². The molecular weight excluding hydrogens is 244 g/mol. The normalized spacial score (nSPS) is 13.0. The Bertz CT molecular complexity index is 540. The molecule has 1 atom stereocenters. The molecule has 0 amide bonds. The van der Waals surface area contributed by atoms with Crippen LogP contribution in [-0.4, -0.2) is 8.07 Å². The van der Waals surface area contributed by atoms with Crippen LogP contribution in [0.15, 0.2) is 72.8 Å². The lowest BCUT2D eigenvalue weighted by atomic mass is 10.1. The number of benzene rings is 2. The van der Waals surface area contributed by atoms with Crippen LogP contribution in [0.4, 0.5) is 0 Å². The first-order valence-corrected chi connectivity index (χ1v) is 9.87. The lowest BCUT2D eigenvalue weighted by molar-refractivity contribution is 1.05. The molecule has 0 aromatic heterocycles. The maximum atomic E-state index is 4.26. The van der Waals surface area contributed by atoms with E-state index in [1.165, 1.54) is 16.3 Å². The minimum absolute atomic E-state index is 0.469. The van der Waals surface area contributed by atoms with Crippen molar-refractivity contribution >= 4 is 13.3 Å². The molecule has 0 heterocycles. The number of rotatable bonds is 4. The van der Waals surface area contributed by atoms with Crippen molar-refractivity contribution in [1.82, 2.24) is 0 Å². The summed E-state index contributed by atoms with van der Waals surface area (Å²) in [6.07, 6.45) is 0. The summed E-state index contributed by atoms with van der Waals surface area (Å²) in [6, 6.07) is 21.7. The van der Waals surface area contributed by atoms with Crippen molar-refractivity contribution in [2.24, 2.45) is 0 Å². The third-order valence-electron chi connectivity index (χ3n) is 3.87. The molecule has 98 valence electrons. The molecule has 0 bridgehead atoms. The summed E-state index contributed by atoms with van der Waals surface area (Å²) >= 11 is 0. The lowest BCUT2D eigenvalue weighted by Gasteiger charge is -2.34. The van der Waals surface area contributed by atoms with Crippen LogP contribution in [0.1, 0.15) is 18.0 Å². The van der Waals surface area contributed by atoms with E-state index in [1.807, 2.05) is 0 Å². The van der Waals surface area contributed by atoms with Crippen molar-refractivity contribution < 1.29 is 0 Å². The van der Waals surface area contributed by atoms with Gasteiger partial charge >= 0.3 is 0 Å². The van der Waals surface area contributed by atoms with Crippen LogP contribution in [-0.2, 0) is 0 Å². The van der Waals surface area contributed by atoms with E-state index in [4.69, 9.17) is 0 Å². The van der Waals surface area contributed by atoms with Crippen LogP contribution in [0.3, 0.4) is 0 Å². The Morgan fingerprint density at radius 3 is 1.84 bits per heavy atom. The Balaban J connectivity index is 2.48. The summed E-state index contributed by atoms with van der Waals surface area (Å²) in [5, 5.41) is 1.49. The highest BCUT2D eigenvalue weighted by Crippen LogP contribution is 2.32.